The third kappa shape index (κ3) is 10.8. The Morgan fingerprint density at radius 1 is 1.03 bits per heavy atom. The number of alkyl halides is 2. The van der Waals surface area contributed by atoms with Crippen molar-refractivity contribution in [2.24, 2.45) is 5.41 Å². The molecule has 3 atom stereocenters. The van der Waals surface area contributed by atoms with E-state index < -0.39 is 66.0 Å². The van der Waals surface area contributed by atoms with Crippen LogP contribution in [0.25, 0.3) is 20.3 Å². The molecule has 0 saturated carbocycles. The molecule has 372 valence electrons. The van der Waals surface area contributed by atoms with Crippen molar-refractivity contribution in [2.75, 3.05) is 24.5 Å². The molecule has 22 heteroatoms. The van der Waals surface area contributed by atoms with E-state index in [9.17, 15) is 56.7 Å². The maximum absolute atomic E-state index is 14.7. The summed E-state index contributed by atoms with van der Waals surface area (Å²) in [5.41, 5.74) is -1.47. The zero-order valence-corrected chi connectivity index (χ0v) is 41.4. The van der Waals surface area contributed by atoms with Gasteiger partial charge in [-0.25, -0.2) is 4.98 Å². The molecule has 3 aliphatic heterocycles. The monoisotopic (exact) mass is 1030 g/mol. The van der Waals surface area contributed by atoms with Crippen LogP contribution in [0.1, 0.15) is 102 Å². The minimum atomic E-state index is -5.84. The first kappa shape index (κ1) is 50.9. The molecule has 0 spiro atoms. The van der Waals surface area contributed by atoms with Crippen LogP contribution in [0.15, 0.2) is 66.2 Å². The van der Waals surface area contributed by atoms with E-state index >= 15 is 0 Å². The Labute approximate surface area is 414 Å². The van der Waals surface area contributed by atoms with Crippen molar-refractivity contribution in [2.45, 2.75) is 96.1 Å². The molecule has 3 aromatic carbocycles. The van der Waals surface area contributed by atoms with Gasteiger partial charge in [-0.05, 0) is 90.6 Å². The van der Waals surface area contributed by atoms with E-state index in [2.05, 4.69) is 32.8 Å². The highest BCUT2D eigenvalue weighted by Gasteiger charge is 2.50. The van der Waals surface area contributed by atoms with Gasteiger partial charge in [-0.1, -0.05) is 44.7 Å². The molecule has 2 unspecified atom stereocenters. The predicted molar refractivity (Wildman–Crippen MR) is 261 cm³/mol. The minimum absolute atomic E-state index is 0.0197. The number of nitrogens with zero attached hydrogens (tertiary/aromatic N) is 4. The number of nitrogens with one attached hydrogen (secondary N) is 3. The molecule has 3 aliphatic rings. The topological polar surface area (TPSA) is 236 Å². The number of hydrogen-bond acceptors (Lipinski definition) is 11. The van der Waals surface area contributed by atoms with Crippen molar-refractivity contribution in [3.63, 3.8) is 0 Å². The first-order valence-corrected chi connectivity index (χ1v) is 26.2. The van der Waals surface area contributed by atoms with E-state index in [4.69, 9.17) is 0 Å². The molecular formula is C49H50F2N7O10PS2. The van der Waals surface area contributed by atoms with Crippen molar-refractivity contribution >= 4 is 97.6 Å². The van der Waals surface area contributed by atoms with E-state index in [1.807, 2.05) is 6.07 Å². The van der Waals surface area contributed by atoms with Gasteiger partial charge in [-0.3, -0.25) is 43.4 Å². The van der Waals surface area contributed by atoms with Crippen molar-refractivity contribution < 1.29 is 56.7 Å². The third-order valence-electron chi connectivity index (χ3n) is 12.7. The molecular weight excluding hydrogens is 980 g/mol. The normalized spacial score (nSPS) is 17.7. The summed E-state index contributed by atoms with van der Waals surface area (Å²) in [7, 11) is -5.84. The smallest absolute Gasteiger partial charge is 0.356 e. The Bertz CT molecular complexity index is 3100. The van der Waals surface area contributed by atoms with Gasteiger partial charge in [0.1, 0.15) is 18.1 Å². The van der Waals surface area contributed by atoms with Crippen LogP contribution in [-0.4, -0.2) is 104 Å². The van der Waals surface area contributed by atoms with Gasteiger partial charge in [0.15, 0.2) is 0 Å². The Balaban J connectivity index is 0.905. The summed E-state index contributed by atoms with van der Waals surface area (Å²) in [6, 6.07) is 12.1. The minimum Gasteiger partial charge on any atom is -0.356 e. The SMILES string of the molecule is CC(C)(C)C(NC(=O)c1cc2cc(C(F)(F)P(=O)(O)O)ccc2s1)C(=O)N1CCC[C@H]1C(=O)N(CCC(=O)NCCCC#Cc1cccc2c1CN(C1CCC(=O)NC1=O)C2=O)c1ccc2ncsc2c1. The largest absolute Gasteiger partial charge is 0.399 e. The lowest BCUT2D eigenvalue weighted by Crippen LogP contribution is -2.58. The summed E-state index contributed by atoms with van der Waals surface area (Å²) < 4.78 is 41.8. The highest BCUT2D eigenvalue weighted by Crippen LogP contribution is 2.59. The van der Waals surface area contributed by atoms with Gasteiger partial charge in [0.25, 0.3) is 11.8 Å². The summed E-state index contributed by atoms with van der Waals surface area (Å²) in [6.45, 7) is 5.95. The number of carbonyl (C=O) groups excluding carboxylic acids is 7. The number of likely N-dealkylation sites (tertiary alicyclic amines) is 1. The predicted octanol–water partition coefficient (Wildman–Crippen LogP) is 6.01. The molecule has 2 saturated heterocycles. The number of benzene rings is 3. The molecule has 0 radical (unpaired) electrons. The summed E-state index contributed by atoms with van der Waals surface area (Å²) in [5, 5.41) is 8.16. The summed E-state index contributed by atoms with van der Waals surface area (Å²) in [5.74, 6) is 3.18. The lowest BCUT2D eigenvalue weighted by Gasteiger charge is -2.36. The van der Waals surface area contributed by atoms with E-state index in [-0.39, 0.29) is 66.9 Å². The third-order valence-corrected chi connectivity index (χ3v) is 15.6. The molecule has 7 amide bonds. The van der Waals surface area contributed by atoms with E-state index in [0.29, 0.717) is 59.3 Å². The second kappa shape index (κ2) is 20.4. The number of anilines is 1. The van der Waals surface area contributed by atoms with E-state index in [1.54, 1.807) is 56.6 Å². The standard InChI is InChI=1S/C49H50F2N7O10PS2/c1-48(2,3)42(55-44(62)39-24-29-23-30(13-17-37(29)71-39)49(50,51)69(66,67)68)47(65)57-21-8-12-36(57)46(64)56(31-14-15-34-38(25-31)70-27-53-34)22-19-40(59)52-20-6-4-5-9-28-10-7-11-32-33(28)26-58(45(32)63)35-16-18-41(60)54-43(35)61/h7,10-11,13-15,17,23-25,27,35-36,42H,4,6,8,12,16,18-22,26H2,1-3H3,(H,52,59)(H,55,62)(H,54,60,61)(H2,66,67,68)/t35?,36-,42?/m0/s1. The highest BCUT2D eigenvalue weighted by molar-refractivity contribution is 7.52. The highest BCUT2D eigenvalue weighted by atomic mass is 32.1. The fourth-order valence-corrected chi connectivity index (χ4v) is 11.1. The van der Waals surface area contributed by atoms with E-state index in [1.165, 1.54) is 38.2 Å². The number of piperidine rings is 1. The molecule has 5 heterocycles. The Kier molecular flexibility index (Phi) is 14.6. The van der Waals surface area contributed by atoms with Crippen LogP contribution in [0.4, 0.5) is 14.5 Å². The fraction of sp³-hybridized carbons (Fsp3) is 0.388. The number of unbranched alkanes of at least 4 members (excludes halogenated alkanes) is 1. The van der Waals surface area contributed by atoms with Crippen molar-refractivity contribution in [1.29, 1.82) is 0 Å². The number of halogens is 2. The molecule has 0 bridgehead atoms. The van der Waals surface area contributed by atoms with Crippen molar-refractivity contribution in [1.82, 2.24) is 30.7 Å². The number of imide groups is 1. The number of amides is 7. The van der Waals surface area contributed by atoms with Gasteiger partial charge in [0, 0.05) is 72.5 Å². The van der Waals surface area contributed by atoms with Crippen LogP contribution in [0.2, 0.25) is 0 Å². The number of thiophene rings is 1. The molecule has 5 aromatic rings. The zero-order chi connectivity index (χ0) is 51.0. The lowest BCUT2D eigenvalue weighted by atomic mass is 9.85. The van der Waals surface area contributed by atoms with Crippen LogP contribution in [0, 0.1) is 17.3 Å². The Morgan fingerprint density at radius 2 is 1.82 bits per heavy atom. The average Bonchev–Trinajstić information content (AvgIpc) is 4.15. The molecule has 5 N–H and O–H groups in total. The summed E-state index contributed by atoms with van der Waals surface area (Å²) in [4.78, 5) is 121. The van der Waals surface area contributed by atoms with Gasteiger partial charge in [-0.2, -0.15) is 8.78 Å². The van der Waals surface area contributed by atoms with Gasteiger partial charge in [0.05, 0.1) is 20.6 Å². The Hall–Kier alpha value is -6.43. The van der Waals surface area contributed by atoms with Crippen LogP contribution < -0.4 is 20.9 Å². The first-order valence-electron chi connectivity index (χ1n) is 22.9. The van der Waals surface area contributed by atoms with Crippen molar-refractivity contribution in [3.8, 4) is 11.8 Å². The maximum atomic E-state index is 14.7. The summed E-state index contributed by atoms with van der Waals surface area (Å²) >= 11 is 2.34. The first-order chi connectivity index (χ1) is 33.6. The van der Waals surface area contributed by atoms with Crippen LogP contribution >= 0.6 is 30.3 Å². The Morgan fingerprint density at radius 3 is 2.56 bits per heavy atom. The number of hydrogen-bond donors (Lipinski definition) is 5. The molecule has 2 aromatic heterocycles. The second-order valence-electron chi connectivity index (χ2n) is 18.6. The summed E-state index contributed by atoms with van der Waals surface area (Å²) in [6.07, 6.45) is 2.07. The lowest BCUT2D eigenvalue weighted by molar-refractivity contribution is -0.141. The van der Waals surface area contributed by atoms with Gasteiger partial charge >= 0.3 is 13.3 Å². The number of thiazole rings is 1. The van der Waals surface area contributed by atoms with Crippen molar-refractivity contribution in [3.05, 3.63) is 93.3 Å². The second-order valence-corrected chi connectivity index (χ2v) is 22.3. The zero-order valence-electron chi connectivity index (χ0n) is 38.8. The average molecular weight is 1030 g/mol. The van der Waals surface area contributed by atoms with E-state index in [0.717, 1.165) is 33.7 Å². The number of rotatable bonds is 14. The van der Waals surface area contributed by atoms with Gasteiger partial charge < -0.3 is 35.1 Å². The molecule has 0 aliphatic carbocycles. The molecule has 71 heavy (non-hydrogen) atoms. The molecule has 2 fully saturated rings. The molecule has 17 nitrogen and oxygen atoms in total. The van der Waals surface area contributed by atoms with Crippen LogP contribution in [-0.2, 0) is 40.7 Å². The quantitative estimate of drug-likeness (QED) is 0.0374. The fourth-order valence-electron chi connectivity index (χ4n) is 8.94. The number of fused-ring (bicyclic) bond motifs is 3. The van der Waals surface area contributed by atoms with Crippen LogP contribution in [0.3, 0.4) is 0 Å². The van der Waals surface area contributed by atoms with Gasteiger partial charge in [-0.15, -0.1) is 22.7 Å². The number of carbonyl (C=O) groups is 7. The van der Waals surface area contributed by atoms with Crippen LogP contribution in [0.5, 0.6) is 0 Å². The number of aromatic nitrogens is 1. The van der Waals surface area contributed by atoms with Gasteiger partial charge in [0.2, 0.25) is 29.5 Å². The molecule has 8 rings (SSSR count). The maximum Gasteiger partial charge on any atom is 0.399 e.